The molecule has 0 bridgehead atoms. The van der Waals surface area contributed by atoms with Gasteiger partial charge >= 0.3 is 5.97 Å². The summed E-state index contributed by atoms with van der Waals surface area (Å²) in [7, 11) is 0. The number of furan rings is 1. The van der Waals surface area contributed by atoms with Gasteiger partial charge in [0.2, 0.25) is 5.76 Å². The van der Waals surface area contributed by atoms with E-state index in [1.807, 2.05) is 0 Å². The van der Waals surface area contributed by atoms with Crippen molar-refractivity contribution in [3.63, 3.8) is 0 Å². The summed E-state index contributed by atoms with van der Waals surface area (Å²) in [6, 6.07) is 1.50. The van der Waals surface area contributed by atoms with Crippen LogP contribution in [0.3, 0.4) is 0 Å². The number of hydrogen-bond donors (Lipinski definition) is 1. The molecule has 0 spiro atoms. The summed E-state index contributed by atoms with van der Waals surface area (Å²) >= 11 is 0. The molecule has 1 N–H and O–H groups in total. The molecule has 0 saturated heterocycles. The van der Waals surface area contributed by atoms with Gasteiger partial charge in [0, 0.05) is 5.56 Å². The van der Waals surface area contributed by atoms with Crippen LogP contribution >= 0.6 is 0 Å². The molecule has 0 aliphatic carbocycles. The molecule has 0 radical (unpaired) electrons. The Morgan fingerprint density at radius 2 is 2.36 bits per heavy atom. The summed E-state index contributed by atoms with van der Waals surface area (Å²) in [4.78, 5) is 10.4. The maximum atomic E-state index is 10.4. The molecule has 1 aliphatic rings. The van der Waals surface area contributed by atoms with E-state index in [-0.39, 0.29) is 5.76 Å². The van der Waals surface area contributed by atoms with Crippen LogP contribution in [-0.4, -0.2) is 11.1 Å². The first-order chi connectivity index (χ1) is 5.27. The smallest absolute Gasteiger partial charge is 0.371 e. The third-order valence-corrected chi connectivity index (χ3v) is 1.60. The summed E-state index contributed by atoms with van der Waals surface area (Å²) in [6.45, 7) is 0.856. The lowest BCUT2D eigenvalue weighted by Gasteiger charge is -1.87. The van der Waals surface area contributed by atoms with E-state index in [0.29, 0.717) is 19.0 Å². The van der Waals surface area contributed by atoms with E-state index >= 15 is 0 Å². The van der Waals surface area contributed by atoms with Gasteiger partial charge in [-0.05, 0) is 6.07 Å². The minimum atomic E-state index is -1.03. The summed E-state index contributed by atoms with van der Waals surface area (Å²) in [5.74, 6) is -0.389. The quantitative estimate of drug-likeness (QED) is 0.655. The predicted octanol–water partition coefficient (Wildman–Crippen LogP) is 1.01. The highest BCUT2D eigenvalue weighted by molar-refractivity contribution is 5.84. The molecule has 58 valence electrons. The van der Waals surface area contributed by atoms with E-state index in [2.05, 4.69) is 0 Å². The highest BCUT2D eigenvalue weighted by Gasteiger charge is 2.19. The summed E-state index contributed by atoms with van der Waals surface area (Å²) in [6.07, 6.45) is 0. The second-order valence-electron chi connectivity index (χ2n) is 2.36. The Kier molecular flexibility index (Phi) is 1.22. The Labute approximate surface area is 62.4 Å². The van der Waals surface area contributed by atoms with Crippen LogP contribution < -0.4 is 0 Å². The molecule has 1 aromatic rings. The third-order valence-electron chi connectivity index (χ3n) is 1.60. The predicted molar refractivity (Wildman–Crippen MR) is 34.2 cm³/mol. The molecule has 11 heavy (non-hydrogen) atoms. The summed E-state index contributed by atoms with van der Waals surface area (Å²) in [5.41, 5.74) is 0.849. The van der Waals surface area contributed by atoms with Crippen molar-refractivity contribution >= 4 is 5.97 Å². The SMILES string of the molecule is O=C(O)c1cc2c(o1)COC2. The molecular formula is C7H6O4. The van der Waals surface area contributed by atoms with Gasteiger partial charge in [-0.25, -0.2) is 4.79 Å². The van der Waals surface area contributed by atoms with Crippen LogP contribution in [0.2, 0.25) is 0 Å². The van der Waals surface area contributed by atoms with Crippen molar-refractivity contribution < 1.29 is 19.1 Å². The fourth-order valence-electron chi connectivity index (χ4n) is 1.07. The van der Waals surface area contributed by atoms with Crippen molar-refractivity contribution in [2.24, 2.45) is 0 Å². The first kappa shape index (κ1) is 6.42. The van der Waals surface area contributed by atoms with Crippen LogP contribution in [-0.2, 0) is 18.0 Å². The molecule has 0 fully saturated rings. The van der Waals surface area contributed by atoms with Gasteiger partial charge in [-0.1, -0.05) is 0 Å². The van der Waals surface area contributed by atoms with Gasteiger partial charge in [0.05, 0.1) is 6.61 Å². The van der Waals surface area contributed by atoms with Gasteiger partial charge in [0.15, 0.2) is 0 Å². The zero-order valence-electron chi connectivity index (χ0n) is 5.66. The zero-order chi connectivity index (χ0) is 7.84. The zero-order valence-corrected chi connectivity index (χ0v) is 5.66. The molecule has 1 aliphatic heterocycles. The first-order valence-electron chi connectivity index (χ1n) is 3.20. The third kappa shape index (κ3) is 0.914. The molecule has 0 aromatic carbocycles. The molecule has 4 heteroatoms. The molecule has 0 amide bonds. The first-order valence-corrected chi connectivity index (χ1v) is 3.20. The summed E-state index contributed by atoms with van der Waals surface area (Å²) in [5, 5.41) is 8.51. The van der Waals surface area contributed by atoms with E-state index in [9.17, 15) is 4.79 Å². The van der Waals surface area contributed by atoms with Crippen LogP contribution in [0.4, 0.5) is 0 Å². The Morgan fingerprint density at radius 3 is 3.00 bits per heavy atom. The number of carboxylic acid groups (broad SMARTS) is 1. The molecule has 0 saturated carbocycles. The molecule has 4 nitrogen and oxygen atoms in total. The van der Waals surface area contributed by atoms with Crippen LogP contribution in [0.1, 0.15) is 21.9 Å². The molecule has 0 unspecified atom stereocenters. The highest BCUT2D eigenvalue weighted by atomic mass is 16.5. The average molecular weight is 154 g/mol. The van der Waals surface area contributed by atoms with Crippen LogP contribution in [0.15, 0.2) is 10.5 Å². The van der Waals surface area contributed by atoms with Crippen LogP contribution in [0.25, 0.3) is 0 Å². The Bertz CT molecular complexity index is 278. The van der Waals surface area contributed by atoms with Crippen molar-refractivity contribution in [2.75, 3.05) is 0 Å². The van der Waals surface area contributed by atoms with Gasteiger partial charge in [0.25, 0.3) is 0 Å². The van der Waals surface area contributed by atoms with E-state index in [1.54, 1.807) is 0 Å². The van der Waals surface area contributed by atoms with Crippen LogP contribution in [0, 0.1) is 0 Å². The fraction of sp³-hybridized carbons (Fsp3) is 0.286. The lowest BCUT2D eigenvalue weighted by molar-refractivity contribution is 0.0651. The topological polar surface area (TPSA) is 59.7 Å². The van der Waals surface area contributed by atoms with Gasteiger partial charge in [-0.15, -0.1) is 0 Å². The average Bonchev–Trinajstić information content (AvgIpc) is 2.40. The Balaban J connectivity index is 2.42. The van der Waals surface area contributed by atoms with Crippen molar-refractivity contribution in [3.05, 3.63) is 23.2 Å². The van der Waals surface area contributed by atoms with Gasteiger partial charge in [-0.3, -0.25) is 0 Å². The molecule has 2 heterocycles. The molecular weight excluding hydrogens is 148 g/mol. The highest BCUT2D eigenvalue weighted by Crippen LogP contribution is 2.23. The number of hydrogen-bond acceptors (Lipinski definition) is 3. The Morgan fingerprint density at radius 1 is 1.55 bits per heavy atom. The van der Waals surface area contributed by atoms with Crippen molar-refractivity contribution in [3.8, 4) is 0 Å². The number of rotatable bonds is 1. The lowest BCUT2D eigenvalue weighted by Crippen LogP contribution is -1.92. The van der Waals surface area contributed by atoms with E-state index in [1.165, 1.54) is 6.07 Å². The standard InChI is InChI=1S/C7H6O4/c8-7(9)5-1-4-2-10-3-6(4)11-5/h1H,2-3H2,(H,8,9). The molecule has 1 aromatic heterocycles. The van der Waals surface area contributed by atoms with Crippen molar-refractivity contribution in [1.82, 2.24) is 0 Å². The second kappa shape index (κ2) is 2.10. The van der Waals surface area contributed by atoms with E-state index in [4.69, 9.17) is 14.3 Å². The number of aromatic carboxylic acids is 1. The van der Waals surface area contributed by atoms with Gasteiger partial charge < -0.3 is 14.3 Å². The van der Waals surface area contributed by atoms with Crippen molar-refractivity contribution in [1.29, 1.82) is 0 Å². The number of ether oxygens (including phenoxy) is 1. The minimum Gasteiger partial charge on any atom is -0.475 e. The molecule has 2 rings (SSSR count). The van der Waals surface area contributed by atoms with E-state index in [0.717, 1.165) is 5.56 Å². The largest absolute Gasteiger partial charge is 0.475 e. The number of carboxylic acids is 1. The maximum absolute atomic E-state index is 10.4. The van der Waals surface area contributed by atoms with E-state index < -0.39 is 5.97 Å². The van der Waals surface area contributed by atoms with Gasteiger partial charge in [0.1, 0.15) is 12.4 Å². The monoisotopic (exact) mass is 154 g/mol. The van der Waals surface area contributed by atoms with Crippen molar-refractivity contribution in [2.45, 2.75) is 13.2 Å². The number of fused-ring (bicyclic) bond motifs is 1. The van der Waals surface area contributed by atoms with Crippen LogP contribution in [0.5, 0.6) is 0 Å². The van der Waals surface area contributed by atoms with Gasteiger partial charge in [-0.2, -0.15) is 0 Å². The molecule has 0 atom stereocenters. The normalized spacial score (nSPS) is 14.9. The minimum absolute atomic E-state index is 0.00157. The Hall–Kier alpha value is -1.29. The lowest BCUT2D eigenvalue weighted by atomic mass is 10.3. The number of carbonyl (C=O) groups is 1. The summed E-state index contributed by atoms with van der Waals surface area (Å²) < 4.78 is 9.97. The fourth-order valence-corrected chi connectivity index (χ4v) is 1.07. The second-order valence-corrected chi connectivity index (χ2v) is 2.36. The maximum Gasteiger partial charge on any atom is 0.371 e.